The predicted molar refractivity (Wildman–Crippen MR) is 83.0 cm³/mol. The topological polar surface area (TPSA) is 54.9 Å². The van der Waals surface area contributed by atoms with E-state index in [1.807, 2.05) is 35.7 Å². The highest BCUT2D eigenvalue weighted by Crippen LogP contribution is 2.23. The minimum Gasteiger partial charge on any atom is -0.346 e. The maximum atomic E-state index is 11.9. The molecular weight excluding hydrogens is 282 g/mol. The van der Waals surface area contributed by atoms with Crippen LogP contribution in [0.15, 0.2) is 60.2 Å². The lowest BCUT2D eigenvalue weighted by atomic mass is 10.2. The van der Waals surface area contributed by atoms with E-state index >= 15 is 0 Å². The van der Waals surface area contributed by atoms with Gasteiger partial charge in [0.1, 0.15) is 5.01 Å². The number of benzene rings is 1. The lowest BCUT2D eigenvalue weighted by Crippen LogP contribution is -2.22. The average molecular weight is 295 g/mol. The average Bonchev–Trinajstić information content (AvgIpc) is 3.03. The highest BCUT2D eigenvalue weighted by Gasteiger charge is 2.07. The molecule has 2 heterocycles. The number of thiazole rings is 1. The summed E-state index contributed by atoms with van der Waals surface area (Å²) in [5, 5.41) is 5.77. The van der Waals surface area contributed by atoms with Crippen molar-refractivity contribution in [3.8, 4) is 10.6 Å². The number of nitrogens with one attached hydrogen (secondary N) is 1. The molecule has 0 fully saturated rings. The Morgan fingerprint density at radius 2 is 2.00 bits per heavy atom. The number of pyridine rings is 1. The molecule has 0 bridgehead atoms. The molecule has 21 heavy (non-hydrogen) atoms. The molecule has 2 aromatic heterocycles. The number of rotatable bonds is 4. The fourth-order valence-corrected chi connectivity index (χ4v) is 2.70. The molecule has 5 heteroatoms. The van der Waals surface area contributed by atoms with E-state index in [4.69, 9.17) is 0 Å². The molecule has 1 aromatic carbocycles. The van der Waals surface area contributed by atoms with Crippen molar-refractivity contribution in [3.63, 3.8) is 0 Å². The van der Waals surface area contributed by atoms with E-state index in [0.29, 0.717) is 12.1 Å². The van der Waals surface area contributed by atoms with Gasteiger partial charge in [0.15, 0.2) is 0 Å². The first-order chi connectivity index (χ1) is 10.3. The van der Waals surface area contributed by atoms with Gasteiger partial charge < -0.3 is 5.32 Å². The van der Waals surface area contributed by atoms with E-state index in [1.54, 1.807) is 35.9 Å². The third kappa shape index (κ3) is 3.32. The zero-order chi connectivity index (χ0) is 14.5. The quantitative estimate of drug-likeness (QED) is 0.804. The van der Waals surface area contributed by atoms with Gasteiger partial charge in [0, 0.05) is 23.3 Å². The van der Waals surface area contributed by atoms with Crippen LogP contribution >= 0.6 is 11.3 Å². The van der Waals surface area contributed by atoms with Crippen LogP contribution in [0.5, 0.6) is 0 Å². The summed E-state index contributed by atoms with van der Waals surface area (Å²) in [7, 11) is 0. The van der Waals surface area contributed by atoms with Crippen molar-refractivity contribution in [3.05, 3.63) is 71.5 Å². The van der Waals surface area contributed by atoms with Gasteiger partial charge in [-0.15, -0.1) is 11.3 Å². The fraction of sp³-hybridized carbons (Fsp3) is 0.0625. The Morgan fingerprint density at radius 3 is 2.76 bits per heavy atom. The minimum atomic E-state index is -0.141. The summed E-state index contributed by atoms with van der Waals surface area (Å²) in [4.78, 5) is 20.4. The molecule has 1 amide bonds. The van der Waals surface area contributed by atoms with Crippen LogP contribution in [0.2, 0.25) is 0 Å². The molecule has 0 unspecified atom stereocenters. The molecule has 3 aromatic rings. The maximum absolute atomic E-state index is 11.9. The van der Waals surface area contributed by atoms with Gasteiger partial charge in [0.25, 0.3) is 5.91 Å². The number of aromatic nitrogens is 2. The second-order valence-corrected chi connectivity index (χ2v) is 5.29. The van der Waals surface area contributed by atoms with Gasteiger partial charge in [-0.3, -0.25) is 9.78 Å². The zero-order valence-electron chi connectivity index (χ0n) is 11.2. The van der Waals surface area contributed by atoms with E-state index in [2.05, 4.69) is 15.3 Å². The first-order valence-corrected chi connectivity index (χ1v) is 7.39. The van der Waals surface area contributed by atoms with Crippen LogP contribution in [0.4, 0.5) is 0 Å². The van der Waals surface area contributed by atoms with Gasteiger partial charge in [0.2, 0.25) is 0 Å². The summed E-state index contributed by atoms with van der Waals surface area (Å²) in [6.45, 7) is 0.414. The summed E-state index contributed by atoms with van der Waals surface area (Å²) in [5.74, 6) is -0.141. The molecule has 0 aliphatic heterocycles. The highest BCUT2D eigenvalue weighted by atomic mass is 32.1. The van der Waals surface area contributed by atoms with Gasteiger partial charge >= 0.3 is 0 Å². The summed E-state index contributed by atoms with van der Waals surface area (Å²) >= 11 is 1.58. The number of hydrogen-bond acceptors (Lipinski definition) is 4. The van der Waals surface area contributed by atoms with E-state index in [9.17, 15) is 4.79 Å². The number of carbonyl (C=O) groups is 1. The first-order valence-electron chi connectivity index (χ1n) is 6.51. The van der Waals surface area contributed by atoms with Crippen molar-refractivity contribution in [1.82, 2.24) is 15.3 Å². The molecule has 3 rings (SSSR count). The monoisotopic (exact) mass is 295 g/mol. The molecule has 4 nitrogen and oxygen atoms in total. The molecule has 104 valence electrons. The lowest BCUT2D eigenvalue weighted by molar-refractivity contribution is 0.0950. The number of nitrogens with zero attached hydrogens (tertiary/aromatic N) is 2. The van der Waals surface area contributed by atoms with Gasteiger partial charge in [-0.05, 0) is 12.1 Å². The van der Waals surface area contributed by atoms with Crippen LogP contribution in [0.1, 0.15) is 16.1 Å². The van der Waals surface area contributed by atoms with Crippen molar-refractivity contribution >= 4 is 17.2 Å². The normalized spacial score (nSPS) is 10.3. The Bertz CT molecular complexity index is 726. The van der Waals surface area contributed by atoms with Crippen LogP contribution in [-0.4, -0.2) is 15.9 Å². The molecule has 0 aliphatic carbocycles. The maximum Gasteiger partial charge on any atom is 0.253 e. The smallest absolute Gasteiger partial charge is 0.253 e. The lowest BCUT2D eigenvalue weighted by Gasteiger charge is -2.02. The van der Waals surface area contributed by atoms with Crippen LogP contribution < -0.4 is 5.32 Å². The number of amides is 1. The molecule has 0 atom stereocenters. The second-order valence-electron chi connectivity index (χ2n) is 4.43. The molecular formula is C16H13N3OS. The Morgan fingerprint density at radius 1 is 1.14 bits per heavy atom. The van der Waals surface area contributed by atoms with Crippen molar-refractivity contribution in [2.24, 2.45) is 0 Å². The zero-order valence-corrected chi connectivity index (χ0v) is 12.0. The van der Waals surface area contributed by atoms with Crippen molar-refractivity contribution < 1.29 is 4.79 Å². The molecule has 1 N–H and O–H groups in total. The molecule has 0 radical (unpaired) electrons. The van der Waals surface area contributed by atoms with E-state index < -0.39 is 0 Å². The summed E-state index contributed by atoms with van der Waals surface area (Å²) in [6.07, 6.45) is 3.19. The summed E-state index contributed by atoms with van der Waals surface area (Å²) < 4.78 is 0. The molecule has 0 saturated carbocycles. The largest absolute Gasteiger partial charge is 0.346 e. The minimum absolute atomic E-state index is 0.141. The van der Waals surface area contributed by atoms with Gasteiger partial charge in [-0.25, -0.2) is 4.98 Å². The predicted octanol–water partition coefficient (Wildman–Crippen LogP) is 3.14. The third-order valence-corrected chi connectivity index (χ3v) is 3.87. The van der Waals surface area contributed by atoms with Crippen molar-refractivity contribution in [2.45, 2.75) is 6.54 Å². The Balaban J connectivity index is 1.64. The van der Waals surface area contributed by atoms with Crippen LogP contribution in [0.25, 0.3) is 10.6 Å². The Labute approximate surface area is 126 Å². The fourth-order valence-electron chi connectivity index (χ4n) is 1.87. The first kappa shape index (κ1) is 13.5. The molecule has 0 spiro atoms. The van der Waals surface area contributed by atoms with E-state index in [1.165, 1.54) is 0 Å². The van der Waals surface area contributed by atoms with Gasteiger partial charge in [0.05, 0.1) is 17.8 Å². The van der Waals surface area contributed by atoms with Crippen LogP contribution in [0, 0.1) is 0 Å². The SMILES string of the molecule is O=C(NCc1csc(-c2ccccc2)n1)c1cccnc1. The van der Waals surface area contributed by atoms with Gasteiger partial charge in [-0.2, -0.15) is 0 Å². The standard InChI is InChI=1S/C16H13N3OS/c20-15(13-7-4-8-17-9-13)18-10-14-11-21-16(19-14)12-5-2-1-3-6-12/h1-9,11H,10H2,(H,18,20). The number of carbonyl (C=O) groups excluding carboxylic acids is 1. The third-order valence-electron chi connectivity index (χ3n) is 2.93. The second kappa shape index (κ2) is 6.28. The highest BCUT2D eigenvalue weighted by molar-refractivity contribution is 7.13. The van der Waals surface area contributed by atoms with Gasteiger partial charge in [-0.1, -0.05) is 30.3 Å². The summed E-state index contributed by atoms with van der Waals surface area (Å²) in [6, 6.07) is 13.5. The van der Waals surface area contributed by atoms with E-state index in [0.717, 1.165) is 16.3 Å². The van der Waals surface area contributed by atoms with E-state index in [-0.39, 0.29) is 5.91 Å². The molecule has 0 aliphatic rings. The Hall–Kier alpha value is -2.53. The van der Waals surface area contributed by atoms with Crippen LogP contribution in [-0.2, 0) is 6.54 Å². The van der Waals surface area contributed by atoms with Crippen molar-refractivity contribution in [1.29, 1.82) is 0 Å². The number of hydrogen-bond donors (Lipinski definition) is 1. The van der Waals surface area contributed by atoms with Crippen LogP contribution in [0.3, 0.4) is 0 Å². The van der Waals surface area contributed by atoms with Crippen molar-refractivity contribution in [2.75, 3.05) is 0 Å². The molecule has 0 saturated heterocycles. The Kier molecular flexibility index (Phi) is 4.02. The summed E-state index contributed by atoms with van der Waals surface area (Å²) in [5.41, 5.74) is 2.50.